The molecular weight excluding hydrogens is 497 g/mol. The van der Waals surface area contributed by atoms with E-state index in [9.17, 15) is 0 Å². The highest BCUT2D eigenvalue weighted by molar-refractivity contribution is 7.99. The molecule has 0 aliphatic rings. The number of unbranched alkanes of at least 4 members (excludes halogenated alkanes) is 6. The van der Waals surface area contributed by atoms with E-state index in [1.807, 2.05) is 23.5 Å². The molecule has 0 N–H and O–H groups in total. The van der Waals surface area contributed by atoms with E-state index in [2.05, 4.69) is 87.0 Å². The average Bonchev–Trinajstić information content (AvgIpc) is 2.94. The second-order valence-electron chi connectivity index (χ2n) is 10.8. The smallest absolute Gasteiger partial charge is 0.0227 e. The molecule has 0 saturated carbocycles. The molecule has 5 rings (SSSR count). The van der Waals surface area contributed by atoms with Crippen LogP contribution >= 0.6 is 23.5 Å². The van der Waals surface area contributed by atoms with Gasteiger partial charge >= 0.3 is 0 Å². The molecule has 0 aliphatic heterocycles. The van der Waals surface area contributed by atoms with Gasteiger partial charge in [0.25, 0.3) is 0 Å². The van der Waals surface area contributed by atoms with E-state index in [1.54, 1.807) is 11.1 Å². The van der Waals surface area contributed by atoms with E-state index in [4.69, 9.17) is 0 Å². The molecule has 38 heavy (non-hydrogen) atoms. The summed E-state index contributed by atoms with van der Waals surface area (Å²) in [6, 6.07) is 23.7. The summed E-state index contributed by atoms with van der Waals surface area (Å²) in [5, 5.41) is 11.0. The van der Waals surface area contributed by atoms with Crippen LogP contribution in [-0.2, 0) is 12.8 Å². The van der Waals surface area contributed by atoms with Crippen molar-refractivity contribution in [3.05, 3.63) is 71.8 Å². The predicted octanol–water partition coefficient (Wildman–Crippen LogP) is 12.0. The molecule has 0 saturated heterocycles. The third kappa shape index (κ3) is 5.58. The molecule has 0 nitrogen and oxygen atoms in total. The first kappa shape index (κ1) is 27.4. The van der Waals surface area contributed by atoms with Crippen molar-refractivity contribution in [3.8, 4) is 0 Å². The number of benzene rings is 5. The van der Waals surface area contributed by atoms with Crippen molar-refractivity contribution >= 4 is 66.6 Å². The van der Waals surface area contributed by atoms with Crippen molar-refractivity contribution < 1.29 is 0 Å². The van der Waals surface area contributed by atoms with Gasteiger partial charge in [-0.1, -0.05) is 88.8 Å². The molecule has 2 heteroatoms. The molecule has 0 bridgehead atoms. The minimum atomic E-state index is 1.21. The molecule has 0 atom stereocenters. The Morgan fingerprint density at radius 3 is 1.24 bits per heavy atom. The van der Waals surface area contributed by atoms with Gasteiger partial charge in [-0.2, -0.15) is 0 Å². The Bertz CT molecular complexity index is 1450. The Hall–Kier alpha value is -2.16. The van der Waals surface area contributed by atoms with Crippen LogP contribution < -0.4 is 0 Å². The van der Waals surface area contributed by atoms with Gasteiger partial charge in [-0.3, -0.25) is 0 Å². The zero-order valence-corrected chi connectivity index (χ0v) is 25.3. The number of rotatable bonds is 12. The summed E-state index contributed by atoms with van der Waals surface area (Å²) in [4.78, 5) is 2.82. The molecule has 0 aromatic heterocycles. The van der Waals surface area contributed by atoms with Gasteiger partial charge in [-0.05, 0) is 117 Å². The van der Waals surface area contributed by atoms with E-state index in [-0.39, 0.29) is 0 Å². The number of hydrogen-bond donors (Lipinski definition) is 0. The molecule has 198 valence electrons. The summed E-state index contributed by atoms with van der Waals surface area (Å²) >= 11 is 3.79. The summed E-state index contributed by atoms with van der Waals surface area (Å²) in [6.07, 6.45) is 17.5. The van der Waals surface area contributed by atoms with Crippen LogP contribution in [0.3, 0.4) is 0 Å². The second-order valence-corrected chi connectivity index (χ2v) is 12.4. The number of fused-ring (bicyclic) bond motifs is 4. The number of hydrogen-bond acceptors (Lipinski definition) is 2. The van der Waals surface area contributed by atoms with Gasteiger partial charge in [0.1, 0.15) is 0 Å². The topological polar surface area (TPSA) is 0 Å². The van der Waals surface area contributed by atoms with Crippen molar-refractivity contribution in [2.24, 2.45) is 0 Å². The molecule has 0 fully saturated rings. The van der Waals surface area contributed by atoms with Crippen molar-refractivity contribution in [1.82, 2.24) is 0 Å². The Morgan fingerprint density at radius 2 is 0.868 bits per heavy atom. The first-order valence-corrected chi connectivity index (χ1v) is 17.1. The standard InChI is InChI=1S/C36H42S2/c1-5-7-9-11-15-25-19-29-23-33-34(24-30(29)20-26(25)16-12-10-8-6-2)36(38-4)32-22-28-18-14-13-17-27(28)21-31(32)35(33)37-3/h13-14,17-24H,5-12,15-16H2,1-4H3. The maximum Gasteiger partial charge on any atom is 0.0227 e. The lowest BCUT2D eigenvalue weighted by Crippen LogP contribution is -1.97. The molecule has 0 amide bonds. The van der Waals surface area contributed by atoms with E-state index in [0.29, 0.717) is 0 Å². The SMILES string of the molecule is CCCCCCc1cc2cc3c(SC)c4cc5ccccc5cc4c(SC)c3cc2cc1CCCCCC. The molecule has 0 heterocycles. The summed E-state index contributed by atoms with van der Waals surface area (Å²) in [5.41, 5.74) is 3.18. The zero-order chi connectivity index (χ0) is 26.5. The zero-order valence-electron chi connectivity index (χ0n) is 23.7. The molecule has 0 radical (unpaired) electrons. The Balaban J connectivity index is 1.70. The third-order valence-electron chi connectivity index (χ3n) is 8.17. The summed E-state index contributed by atoms with van der Waals surface area (Å²) < 4.78 is 0. The van der Waals surface area contributed by atoms with Crippen LogP contribution in [0.5, 0.6) is 0 Å². The maximum atomic E-state index is 2.54. The lowest BCUT2D eigenvalue weighted by atomic mass is 9.91. The minimum absolute atomic E-state index is 1.21. The number of aryl methyl sites for hydroxylation is 2. The molecule has 0 unspecified atom stereocenters. The first-order valence-electron chi connectivity index (χ1n) is 14.6. The van der Waals surface area contributed by atoms with Crippen LogP contribution in [0.2, 0.25) is 0 Å². The van der Waals surface area contributed by atoms with Gasteiger partial charge in [0.2, 0.25) is 0 Å². The average molecular weight is 539 g/mol. The Kier molecular flexibility index (Phi) is 9.23. The van der Waals surface area contributed by atoms with E-state index < -0.39 is 0 Å². The second kappa shape index (κ2) is 12.8. The quantitative estimate of drug-likeness (QED) is 0.0880. The first-order chi connectivity index (χ1) is 18.7. The van der Waals surface area contributed by atoms with E-state index >= 15 is 0 Å². The van der Waals surface area contributed by atoms with Gasteiger partial charge < -0.3 is 0 Å². The van der Waals surface area contributed by atoms with Crippen LogP contribution in [0.4, 0.5) is 0 Å². The predicted molar refractivity (Wildman–Crippen MR) is 176 cm³/mol. The Morgan fingerprint density at radius 1 is 0.474 bits per heavy atom. The summed E-state index contributed by atoms with van der Waals surface area (Å²) in [6.45, 7) is 4.61. The van der Waals surface area contributed by atoms with E-state index in [0.717, 1.165) is 0 Å². The van der Waals surface area contributed by atoms with Gasteiger partial charge in [0, 0.05) is 9.79 Å². The van der Waals surface area contributed by atoms with Crippen molar-refractivity contribution in [1.29, 1.82) is 0 Å². The fourth-order valence-electron chi connectivity index (χ4n) is 6.12. The molecule has 5 aromatic rings. The normalized spacial score (nSPS) is 11.9. The highest BCUT2D eigenvalue weighted by Crippen LogP contribution is 2.44. The summed E-state index contributed by atoms with van der Waals surface area (Å²) in [5.74, 6) is 0. The minimum Gasteiger partial charge on any atom is -0.128 e. The van der Waals surface area contributed by atoms with Gasteiger partial charge in [-0.25, -0.2) is 0 Å². The largest absolute Gasteiger partial charge is 0.128 e. The fourth-order valence-corrected chi connectivity index (χ4v) is 7.67. The fraction of sp³-hybridized carbons (Fsp3) is 0.389. The lowest BCUT2D eigenvalue weighted by Gasteiger charge is -2.18. The van der Waals surface area contributed by atoms with Gasteiger partial charge in [0.15, 0.2) is 0 Å². The third-order valence-corrected chi connectivity index (χ3v) is 9.86. The maximum absolute atomic E-state index is 2.54. The summed E-state index contributed by atoms with van der Waals surface area (Å²) in [7, 11) is 0. The monoisotopic (exact) mass is 538 g/mol. The molecule has 5 aromatic carbocycles. The molecule has 0 aliphatic carbocycles. The van der Waals surface area contributed by atoms with Gasteiger partial charge in [0.05, 0.1) is 0 Å². The van der Waals surface area contributed by atoms with Crippen molar-refractivity contribution in [3.63, 3.8) is 0 Å². The number of thioether (sulfide) groups is 2. The van der Waals surface area contributed by atoms with Crippen LogP contribution in [0, 0.1) is 0 Å². The highest BCUT2D eigenvalue weighted by Gasteiger charge is 2.16. The van der Waals surface area contributed by atoms with Crippen molar-refractivity contribution in [2.75, 3.05) is 12.5 Å². The van der Waals surface area contributed by atoms with Crippen LogP contribution in [-0.4, -0.2) is 12.5 Å². The van der Waals surface area contributed by atoms with Crippen molar-refractivity contribution in [2.45, 2.75) is 87.8 Å². The van der Waals surface area contributed by atoms with E-state index in [1.165, 1.54) is 117 Å². The van der Waals surface area contributed by atoms with Crippen LogP contribution in [0.25, 0.3) is 43.1 Å². The Labute approximate surface area is 238 Å². The van der Waals surface area contributed by atoms with Crippen LogP contribution in [0.15, 0.2) is 70.5 Å². The highest BCUT2D eigenvalue weighted by atomic mass is 32.2. The van der Waals surface area contributed by atoms with Gasteiger partial charge in [-0.15, -0.1) is 23.5 Å². The van der Waals surface area contributed by atoms with Crippen LogP contribution in [0.1, 0.15) is 76.3 Å². The molecule has 0 spiro atoms. The molecular formula is C36H42S2. The lowest BCUT2D eigenvalue weighted by molar-refractivity contribution is 0.651.